The Morgan fingerprint density at radius 1 is 1.05 bits per heavy atom. The number of aryl methyl sites for hydroxylation is 2. The molecule has 2 aromatic carbocycles. The molecular formula is C19H25NO. The Kier molecular flexibility index (Phi) is 5.40. The summed E-state index contributed by atoms with van der Waals surface area (Å²) in [5.41, 5.74) is 11.1. The van der Waals surface area contributed by atoms with E-state index in [4.69, 9.17) is 10.5 Å². The number of ether oxygens (including phenoxy) is 1. The van der Waals surface area contributed by atoms with Crippen LogP contribution >= 0.6 is 0 Å². The molecule has 1 unspecified atom stereocenters. The van der Waals surface area contributed by atoms with Crippen molar-refractivity contribution in [2.75, 3.05) is 13.2 Å². The molecule has 1 atom stereocenters. The molecule has 0 spiro atoms. The van der Waals surface area contributed by atoms with Gasteiger partial charge < -0.3 is 10.5 Å². The third kappa shape index (κ3) is 4.08. The Morgan fingerprint density at radius 3 is 2.33 bits per heavy atom. The van der Waals surface area contributed by atoms with E-state index in [1.54, 1.807) is 0 Å². The first-order chi connectivity index (χ1) is 10.1. The van der Waals surface area contributed by atoms with Crippen LogP contribution in [0.4, 0.5) is 0 Å². The zero-order chi connectivity index (χ0) is 15.2. The van der Waals surface area contributed by atoms with Gasteiger partial charge in [-0.1, -0.05) is 42.0 Å². The van der Waals surface area contributed by atoms with E-state index in [-0.39, 0.29) is 0 Å². The topological polar surface area (TPSA) is 35.2 Å². The highest BCUT2D eigenvalue weighted by Crippen LogP contribution is 2.26. The Labute approximate surface area is 127 Å². The van der Waals surface area contributed by atoms with Crippen molar-refractivity contribution in [2.45, 2.75) is 33.1 Å². The first-order valence-electron chi connectivity index (χ1n) is 7.63. The van der Waals surface area contributed by atoms with E-state index >= 15 is 0 Å². The summed E-state index contributed by atoms with van der Waals surface area (Å²) in [5, 5.41) is 0. The van der Waals surface area contributed by atoms with Crippen LogP contribution in [0, 0.1) is 13.8 Å². The predicted octanol–water partition coefficient (Wildman–Crippen LogP) is 3.99. The highest BCUT2D eigenvalue weighted by atomic mass is 16.5. The smallest absolute Gasteiger partial charge is 0.122 e. The number of nitrogens with two attached hydrogens (primary N) is 1. The molecule has 2 rings (SSSR count). The van der Waals surface area contributed by atoms with Crippen molar-refractivity contribution < 1.29 is 4.74 Å². The summed E-state index contributed by atoms with van der Waals surface area (Å²) in [6, 6.07) is 15.1. The zero-order valence-corrected chi connectivity index (χ0v) is 13.2. The highest BCUT2D eigenvalue weighted by molar-refractivity contribution is 5.38. The van der Waals surface area contributed by atoms with E-state index in [1.807, 2.05) is 6.92 Å². The first kappa shape index (κ1) is 15.6. The van der Waals surface area contributed by atoms with Crippen LogP contribution in [0.5, 0.6) is 5.75 Å². The van der Waals surface area contributed by atoms with Gasteiger partial charge in [0.25, 0.3) is 0 Å². The Morgan fingerprint density at radius 2 is 1.76 bits per heavy atom. The van der Waals surface area contributed by atoms with E-state index in [1.165, 1.54) is 22.3 Å². The number of rotatable bonds is 6. The van der Waals surface area contributed by atoms with Crippen LogP contribution in [0.1, 0.15) is 35.1 Å². The molecule has 0 amide bonds. The van der Waals surface area contributed by atoms with E-state index in [2.05, 4.69) is 56.3 Å². The number of benzene rings is 2. The van der Waals surface area contributed by atoms with Gasteiger partial charge in [0.1, 0.15) is 5.75 Å². The van der Waals surface area contributed by atoms with Gasteiger partial charge in [-0.25, -0.2) is 0 Å². The quantitative estimate of drug-likeness (QED) is 0.870. The molecule has 0 bridgehead atoms. The molecule has 0 saturated carbocycles. The van der Waals surface area contributed by atoms with Crippen molar-refractivity contribution in [2.24, 2.45) is 5.73 Å². The zero-order valence-electron chi connectivity index (χ0n) is 13.2. The SMILES string of the molecule is CCOc1ccc(C(CN)Cc2ccc(C)cc2)cc1C. The fraction of sp³-hybridized carbons (Fsp3) is 0.368. The fourth-order valence-electron chi connectivity index (χ4n) is 2.59. The highest BCUT2D eigenvalue weighted by Gasteiger charge is 2.12. The molecule has 0 aromatic heterocycles. The molecule has 2 heteroatoms. The maximum atomic E-state index is 6.00. The molecule has 112 valence electrons. The van der Waals surface area contributed by atoms with Gasteiger partial charge in [-0.3, -0.25) is 0 Å². The second-order valence-corrected chi connectivity index (χ2v) is 5.58. The van der Waals surface area contributed by atoms with Crippen LogP contribution in [-0.2, 0) is 6.42 Å². The number of hydrogen-bond donors (Lipinski definition) is 1. The minimum atomic E-state index is 0.349. The lowest BCUT2D eigenvalue weighted by Gasteiger charge is -2.17. The molecule has 0 fully saturated rings. The van der Waals surface area contributed by atoms with E-state index in [0.29, 0.717) is 19.1 Å². The molecule has 2 aromatic rings. The lowest BCUT2D eigenvalue weighted by Crippen LogP contribution is -2.15. The largest absolute Gasteiger partial charge is 0.494 e. The third-order valence-corrected chi connectivity index (χ3v) is 3.86. The van der Waals surface area contributed by atoms with Gasteiger partial charge in [-0.15, -0.1) is 0 Å². The van der Waals surface area contributed by atoms with Crippen LogP contribution in [0.15, 0.2) is 42.5 Å². The monoisotopic (exact) mass is 283 g/mol. The average Bonchev–Trinajstić information content (AvgIpc) is 2.49. The van der Waals surface area contributed by atoms with Crippen LogP contribution in [0.2, 0.25) is 0 Å². The lowest BCUT2D eigenvalue weighted by molar-refractivity contribution is 0.337. The molecule has 0 aliphatic carbocycles. The third-order valence-electron chi connectivity index (χ3n) is 3.86. The lowest BCUT2D eigenvalue weighted by atomic mass is 9.91. The molecular weight excluding hydrogens is 258 g/mol. The van der Waals surface area contributed by atoms with Gasteiger partial charge in [-0.05, 0) is 56.5 Å². The van der Waals surface area contributed by atoms with Crippen LogP contribution in [0.3, 0.4) is 0 Å². The van der Waals surface area contributed by atoms with E-state index in [9.17, 15) is 0 Å². The summed E-state index contributed by atoms with van der Waals surface area (Å²) in [5.74, 6) is 1.31. The van der Waals surface area contributed by atoms with Crippen molar-refractivity contribution in [1.82, 2.24) is 0 Å². The molecule has 0 aliphatic heterocycles. The minimum absolute atomic E-state index is 0.349. The van der Waals surface area contributed by atoms with Crippen LogP contribution in [-0.4, -0.2) is 13.2 Å². The fourth-order valence-corrected chi connectivity index (χ4v) is 2.59. The van der Waals surface area contributed by atoms with Gasteiger partial charge in [-0.2, -0.15) is 0 Å². The van der Waals surface area contributed by atoms with Gasteiger partial charge in [0.15, 0.2) is 0 Å². The van der Waals surface area contributed by atoms with Crippen molar-refractivity contribution in [3.8, 4) is 5.75 Å². The summed E-state index contributed by atoms with van der Waals surface area (Å²) < 4.78 is 5.61. The molecule has 21 heavy (non-hydrogen) atoms. The van der Waals surface area contributed by atoms with Crippen molar-refractivity contribution in [3.05, 3.63) is 64.7 Å². The second-order valence-electron chi connectivity index (χ2n) is 5.58. The Hall–Kier alpha value is -1.80. The van der Waals surface area contributed by atoms with Crippen LogP contribution < -0.4 is 10.5 Å². The predicted molar refractivity (Wildman–Crippen MR) is 89.0 cm³/mol. The molecule has 0 radical (unpaired) electrons. The summed E-state index contributed by atoms with van der Waals surface area (Å²) in [4.78, 5) is 0. The Balaban J connectivity index is 2.17. The Bertz CT molecular complexity index is 575. The van der Waals surface area contributed by atoms with Crippen molar-refractivity contribution >= 4 is 0 Å². The molecule has 2 N–H and O–H groups in total. The van der Waals surface area contributed by atoms with Crippen LogP contribution in [0.25, 0.3) is 0 Å². The maximum Gasteiger partial charge on any atom is 0.122 e. The molecule has 0 aliphatic rings. The maximum absolute atomic E-state index is 6.00. The minimum Gasteiger partial charge on any atom is -0.494 e. The van der Waals surface area contributed by atoms with Crippen molar-refractivity contribution in [1.29, 1.82) is 0 Å². The standard InChI is InChI=1S/C19H25NO/c1-4-21-19-10-9-17(11-15(19)3)18(13-20)12-16-7-5-14(2)6-8-16/h5-11,18H,4,12-13,20H2,1-3H3. The van der Waals surface area contributed by atoms with Crippen molar-refractivity contribution in [3.63, 3.8) is 0 Å². The van der Waals surface area contributed by atoms with E-state index < -0.39 is 0 Å². The first-order valence-corrected chi connectivity index (χ1v) is 7.63. The summed E-state index contributed by atoms with van der Waals surface area (Å²) in [7, 11) is 0. The average molecular weight is 283 g/mol. The molecule has 0 heterocycles. The number of hydrogen-bond acceptors (Lipinski definition) is 2. The normalized spacial score (nSPS) is 12.2. The molecule has 2 nitrogen and oxygen atoms in total. The summed E-state index contributed by atoms with van der Waals surface area (Å²) >= 11 is 0. The van der Waals surface area contributed by atoms with Gasteiger partial charge in [0.2, 0.25) is 0 Å². The summed E-state index contributed by atoms with van der Waals surface area (Å²) in [6.07, 6.45) is 0.976. The second kappa shape index (κ2) is 7.28. The van der Waals surface area contributed by atoms with Gasteiger partial charge >= 0.3 is 0 Å². The van der Waals surface area contributed by atoms with E-state index in [0.717, 1.165) is 12.2 Å². The van der Waals surface area contributed by atoms with Gasteiger partial charge in [0.05, 0.1) is 6.61 Å². The summed E-state index contributed by atoms with van der Waals surface area (Å²) in [6.45, 7) is 7.56. The molecule has 0 saturated heterocycles. The van der Waals surface area contributed by atoms with Gasteiger partial charge in [0, 0.05) is 5.92 Å².